The molecule has 0 N–H and O–H groups in total. The number of hydrogen-bond donors (Lipinski definition) is 0. The van der Waals surface area contributed by atoms with Crippen LogP contribution < -0.4 is 0 Å². The number of aromatic nitrogens is 5. The molecule has 0 saturated heterocycles. The van der Waals surface area contributed by atoms with Crippen molar-refractivity contribution in [2.24, 2.45) is 0 Å². The minimum Gasteiger partial charge on any atom is -0.456 e. The van der Waals surface area contributed by atoms with E-state index in [-0.39, 0.29) is 0 Å². The molecule has 0 amide bonds. The molecule has 0 aliphatic carbocycles. The Labute approximate surface area is 333 Å². The Morgan fingerprint density at radius 3 is 1.84 bits per heavy atom. The molecule has 0 atom stereocenters. The van der Waals surface area contributed by atoms with E-state index >= 15 is 0 Å². The van der Waals surface area contributed by atoms with E-state index in [0.717, 1.165) is 85.8 Å². The molecule has 0 unspecified atom stereocenters. The monoisotopic (exact) mass is 765 g/mol. The van der Waals surface area contributed by atoms with Gasteiger partial charge in [-0.3, -0.25) is 0 Å². The fraction of sp³-hybridized carbons (Fsp3) is 0. The Hall–Kier alpha value is -7.13. The van der Waals surface area contributed by atoms with Crippen LogP contribution in [0.2, 0.25) is 0 Å². The maximum atomic E-state index is 6.14. The van der Waals surface area contributed by atoms with Gasteiger partial charge in [-0.25, -0.2) is 24.9 Å². The first-order valence-corrected chi connectivity index (χ1v) is 20.3. The summed E-state index contributed by atoms with van der Waals surface area (Å²) in [6.07, 6.45) is 0. The van der Waals surface area contributed by atoms with Crippen LogP contribution >= 0.6 is 22.7 Å². The van der Waals surface area contributed by atoms with Crippen LogP contribution in [-0.4, -0.2) is 24.9 Å². The molecular weight excluding hydrogens is 739 g/mol. The van der Waals surface area contributed by atoms with Crippen LogP contribution in [0.5, 0.6) is 0 Å². The minimum atomic E-state index is 0.606. The highest BCUT2D eigenvalue weighted by molar-refractivity contribution is 7.26. The van der Waals surface area contributed by atoms with Gasteiger partial charge in [0.2, 0.25) is 0 Å². The second-order valence-electron chi connectivity index (χ2n) is 14.0. The molecular formula is C49H27N5OS2. The molecule has 0 fully saturated rings. The van der Waals surface area contributed by atoms with E-state index < -0.39 is 0 Å². The average molecular weight is 766 g/mol. The smallest absolute Gasteiger partial charge is 0.165 e. The number of hydrogen-bond acceptors (Lipinski definition) is 8. The summed E-state index contributed by atoms with van der Waals surface area (Å²) in [5.41, 5.74) is 8.46. The summed E-state index contributed by atoms with van der Waals surface area (Å²) >= 11 is 3.49. The van der Waals surface area contributed by atoms with E-state index in [9.17, 15) is 0 Å². The molecule has 57 heavy (non-hydrogen) atoms. The average Bonchev–Trinajstić information content (AvgIpc) is 3.97. The lowest BCUT2D eigenvalue weighted by molar-refractivity contribution is 0.669. The third-order valence-electron chi connectivity index (χ3n) is 10.6. The first kappa shape index (κ1) is 32.1. The van der Waals surface area contributed by atoms with Gasteiger partial charge in [0.05, 0.1) is 15.9 Å². The van der Waals surface area contributed by atoms with Crippen LogP contribution in [-0.2, 0) is 0 Å². The van der Waals surface area contributed by atoms with Crippen LogP contribution in [0, 0.1) is 0 Å². The number of rotatable bonds is 5. The lowest BCUT2D eigenvalue weighted by Crippen LogP contribution is -2.00. The van der Waals surface area contributed by atoms with Crippen molar-refractivity contribution in [2.75, 3.05) is 0 Å². The maximum Gasteiger partial charge on any atom is 0.165 e. The van der Waals surface area contributed by atoms with Gasteiger partial charge in [-0.2, -0.15) is 0 Å². The number of furan rings is 1. The number of para-hydroxylation sites is 1. The van der Waals surface area contributed by atoms with Gasteiger partial charge in [0, 0.05) is 68.8 Å². The molecule has 8 heteroatoms. The fourth-order valence-electron chi connectivity index (χ4n) is 7.83. The summed E-state index contributed by atoms with van der Waals surface area (Å²) in [6, 6.07) is 56.3. The van der Waals surface area contributed by atoms with Crippen LogP contribution in [0.1, 0.15) is 0 Å². The zero-order valence-electron chi connectivity index (χ0n) is 30.0. The van der Waals surface area contributed by atoms with Gasteiger partial charge in [0.1, 0.15) is 11.2 Å². The normalized spacial score (nSPS) is 11.9. The first-order chi connectivity index (χ1) is 28.2. The van der Waals surface area contributed by atoms with E-state index in [1.807, 2.05) is 66.7 Å². The summed E-state index contributed by atoms with van der Waals surface area (Å²) in [4.78, 5) is 25.8. The third-order valence-corrected chi connectivity index (χ3v) is 12.9. The van der Waals surface area contributed by atoms with Crippen LogP contribution in [0.3, 0.4) is 0 Å². The van der Waals surface area contributed by atoms with Gasteiger partial charge < -0.3 is 4.42 Å². The van der Waals surface area contributed by atoms with Crippen LogP contribution in [0.15, 0.2) is 168 Å². The molecule has 0 bridgehead atoms. The molecule has 7 aromatic carbocycles. The fourth-order valence-corrected chi connectivity index (χ4v) is 10.2. The summed E-state index contributed by atoms with van der Waals surface area (Å²) in [5.74, 6) is 2.56. The Bertz CT molecular complexity index is 3540. The first-order valence-electron chi connectivity index (χ1n) is 18.7. The highest BCUT2D eigenvalue weighted by Crippen LogP contribution is 2.43. The number of benzene rings is 7. The van der Waals surface area contributed by atoms with E-state index in [1.165, 1.54) is 10.1 Å². The van der Waals surface area contributed by atoms with Crippen molar-refractivity contribution in [1.29, 1.82) is 0 Å². The largest absolute Gasteiger partial charge is 0.456 e. The quantitative estimate of drug-likeness (QED) is 0.174. The summed E-state index contributed by atoms with van der Waals surface area (Å²) in [5, 5.41) is 5.56. The van der Waals surface area contributed by atoms with Crippen molar-refractivity contribution < 1.29 is 4.42 Å². The van der Waals surface area contributed by atoms with E-state index in [0.29, 0.717) is 23.3 Å². The molecule has 0 aliphatic heterocycles. The van der Waals surface area contributed by atoms with E-state index in [2.05, 4.69) is 97.1 Å². The summed E-state index contributed by atoms with van der Waals surface area (Å²) in [6.45, 7) is 0. The molecule has 6 nitrogen and oxygen atoms in total. The summed E-state index contributed by atoms with van der Waals surface area (Å²) in [7, 11) is 0. The molecule has 12 rings (SSSR count). The SMILES string of the molecule is c1ccc(-c2nc(-c3ccc4oc5ccccc5c4c3)nc(-c3cccc4c3sc3cc(-c5nc(-c6ccccc6)c6sc7ccccc7c6n5)ccc34)n2)cc1. The van der Waals surface area contributed by atoms with Crippen molar-refractivity contribution in [3.63, 3.8) is 0 Å². The Balaban J connectivity index is 1.03. The molecule has 266 valence electrons. The van der Waals surface area contributed by atoms with Crippen molar-refractivity contribution >= 4 is 85.1 Å². The van der Waals surface area contributed by atoms with Gasteiger partial charge >= 0.3 is 0 Å². The molecule has 0 saturated carbocycles. The van der Waals surface area contributed by atoms with Gasteiger partial charge in [0.15, 0.2) is 23.3 Å². The van der Waals surface area contributed by atoms with E-state index in [4.69, 9.17) is 29.3 Å². The van der Waals surface area contributed by atoms with Crippen molar-refractivity contribution in [3.05, 3.63) is 164 Å². The van der Waals surface area contributed by atoms with Gasteiger partial charge in [-0.15, -0.1) is 22.7 Å². The van der Waals surface area contributed by atoms with Gasteiger partial charge in [-0.05, 0) is 42.5 Å². The third kappa shape index (κ3) is 5.26. The summed E-state index contributed by atoms with van der Waals surface area (Å²) < 4.78 is 10.7. The molecule has 5 aromatic heterocycles. The van der Waals surface area contributed by atoms with Crippen molar-refractivity contribution in [3.8, 4) is 56.8 Å². The molecule has 0 radical (unpaired) electrons. The predicted octanol–water partition coefficient (Wildman–Crippen LogP) is 13.6. The Kier molecular flexibility index (Phi) is 7.17. The lowest BCUT2D eigenvalue weighted by atomic mass is 10.1. The minimum absolute atomic E-state index is 0.606. The highest BCUT2D eigenvalue weighted by Gasteiger charge is 2.20. The molecule has 0 aliphatic rings. The Morgan fingerprint density at radius 2 is 0.982 bits per heavy atom. The number of thiophene rings is 2. The van der Waals surface area contributed by atoms with Gasteiger partial charge in [-0.1, -0.05) is 121 Å². The van der Waals surface area contributed by atoms with Gasteiger partial charge in [0.25, 0.3) is 0 Å². The number of nitrogens with zero attached hydrogens (tertiary/aromatic N) is 5. The van der Waals surface area contributed by atoms with Crippen LogP contribution in [0.25, 0.3) is 119 Å². The second-order valence-corrected chi connectivity index (χ2v) is 16.1. The predicted molar refractivity (Wildman–Crippen MR) is 236 cm³/mol. The van der Waals surface area contributed by atoms with Crippen LogP contribution in [0.4, 0.5) is 0 Å². The lowest BCUT2D eigenvalue weighted by Gasteiger charge is -2.09. The Morgan fingerprint density at radius 1 is 0.351 bits per heavy atom. The highest BCUT2D eigenvalue weighted by atomic mass is 32.1. The zero-order valence-corrected chi connectivity index (χ0v) is 31.7. The van der Waals surface area contributed by atoms with Crippen molar-refractivity contribution in [2.45, 2.75) is 0 Å². The van der Waals surface area contributed by atoms with Crippen molar-refractivity contribution in [1.82, 2.24) is 24.9 Å². The standard InChI is InChI=1S/C49H27N5OS2/c1-3-12-28(13-4-1)42-45-43(35-17-8-10-21-40(35)56-45)51-47(50-42)31-22-24-33-34-18-11-19-36(44(34)57-41(33)27-31)49-53-46(29-14-5-2-6-15-29)52-48(54-49)30-23-25-39-37(26-30)32-16-7-9-20-38(32)55-39/h1-27H. The van der Waals surface area contributed by atoms with E-state index in [1.54, 1.807) is 22.7 Å². The second kappa shape index (κ2) is 12.7. The molecule has 0 spiro atoms. The zero-order chi connectivity index (χ0) is 37.5. The molecule has 5 heterocycles. The maximum absolute atomic E-state index is 6.14. The number of fused-ring (bicyclic) bond motifs is 9. The molecule has 12 aromatic rings. The topological polar surface area (TPSA) is 77.6 Å².